The topological polar surface area (TPSA) is 64.4 Å². The molecule has 0 aliphatic heterocycles. The van der Waals surface area contributed by atoms with Crippen LogP contribution in [0.2, 0.25) is 0 Å². The number of rotatable bonds is 5. The van der Waals surface area contributed by atoms with E-state index >= 15 is 0 Å². The molecule has 5 heteroatoms. The van der Waals surface area contributed by atoms with Crippen LogP contribution in [0.4, 0.5) is 11.4 Å². The van der Waals surface area contributed by atoms with Gasteiger partial charge in [0.1, 0.15) is 5.75 Å². The third-order valence-corrected chi connectivity index (χ3v) is 2.58. The van der Waals surface area contributed by atoms with Crippen molar-refractivity contribution in [1.29, 1.82) is 0 Å². The second-order valence-electron chi connectivity index (χ2n) is 5.38. The summed E-state index contributed by atoms with van der Waals surface area (Å²) in [7, 11) is 1.55. The fourth-order valence-electron chi connectivity index (χ4n) is 1.52. The van der Waals surface area contributed by atoms with Crippen molar-refractivity contribution in [3.63, 3.8) is 0 Å². The van der Waals surface area contributed by atoms with Crippen LogP contribution in [-0.2, 0) is 0 Å². The van der Waals surface area contributed by atoms with Gasteiger partial charge in [0.25, 0.3) is 5.69 Å². The Morgan fingerprint density at radius 2 is 2.06 bits per heavy atom. The molecule has 18 heavy (non-hydrogen) atoms. The summed E-state index contributed by atoms with van der Waals surface area (Å²) < 4.78 is 5.18. The van der Waals surface area contributed by atoms with Gasteiger partial charge in [-0.1, -0.05) is 20.8 Å². The third-order valence-electron chi connectivity index (χ3n) is 2.58. The van der Waals surface area contributed by atoms with E-state index < -0.39 is 4.92 Å². The molecule has 1 N–H and O–H groups in total. The zero-order chi connectivity index (χ0) is 13.8. The van der Waals surface area contributed by atoms with Crippen LogP contribution in [-0.4, -0.2) is 18.6 Å². The molecule has 0 aliphatic carbocycles. The van der Waals surface area contributed by atoms with Gasteiger partial charge in [0.15, 0.2) is 0 Å². The van der Waals surface area contributed by atoms with Gasteiger partial charge in [-0.05, 0) is 17.9 Å². The van der Waals surface area contributed by atoms with Crippen molar-refractivity contribution >= 4 is 11.4 Å². The summed E-state index contributed by atoms with van der Waals surface area (Å²) >= 11 is 0. The number of non-ortho nitro benzene ring substituents is 1. The zero-order valence-electron chi connectivity index (χ0n) is 11.3. The van der Waals surface area contributed by atoms with Gasteiger partial charge in [0.2, 0.25) is 0 Å². The highest BCUT2D eigenvalue weighted by molar-refractivity contribution is 5.61. The number of nitro benzene ring substituents is 1. The number of nitro groups is 1. The minimum atomic E-state index is -0.408. The molecule has 0 saturated heterocycles. The Bertz CT molecular complexity index is 425. The number of methoxy groups -OCH3 is 1. The molecule has 0 aliphatic rings. The number of hydrogen-bond acceptors (Lipinski definition) is 4. The fraction of sp³-hybridized carbons (Fsp3) is 0.538. The van der Waals surface area contributed by atoms with Crippen LogP contribution < -0.4 is 10.1 Å². The van der Waals surface area contributed by atoms with Gasteiger partial charge in [-0.3, -0.25) is 10.1 Å². The molecule has 0 fully saturated rings. The number of nitrogens with zero attached hydrogens (tertiary/aromatic N) is 1. The molecular weight excluding hydrogens is 232 g/mol. The highest BCUT2D eigenvalue weighted by atomic mass is 16.6. The number of benzene rings is 1. The molecule has 0 heterocycles. The summed E-state index contributed by atoms with van der Waals surface area (Å²) in [6, 6.07) is 4.55. The zero-order valence-corrected chi connectivity index (χ0v) is 11.3. The first-order valence-corrected chi connectivity index (χ1v) is 5.90. The van der Waals surface area contributed by atoms with E-state index in [2.05, 4.69) is 26.1 Å². The highest BCUT2D eigenvalue weighted by Gasteiger charge is 2.13. The van der Waals surface area contributed by atoms with Gasteiger partial charge in [0, 0.05) is 18.7 Å². The van der Waals surface area contributed by atoms with Gasteiger partial charge >= 0.3 is 0 Å². The summed E-state index contributed by atoms with van der Waals surface area (Å²) in [5.41, 5.74) is 0.950. The molecule has 0 aromatic heterocycles. The maximum Gasteiger partial charge on any atom is 0.271 e. The van der Waals surface area contributed by atoms with Crippen molar-refractivity contribution in [3.8, 4) is 5.75 Å². The minimum Gasteiger partial charge on any atom is -0.495 e. The van der Waals surface area contributed by atoms with Crippen molar-refractivity contribution < 1.29 is 9.66 Å². The number of ether oxygens (including phenoxy) is 1. The molecule has 0 unspecified atom stereocenters. The summed E-state index contributed by atoms with van der Waals surface area (Å²) in [5, 5.41) is 13.9. The molecule has 0 radical (unpaired) electrons. The number of anilines is 1. The van der Waals surface area contributed by atoms with Crippen molar-refractivity contribution in [1.82, 2.24) is 0 Å². The molecule has 1 aromatic carbocycles. The van der Waals surface area contributed by atoms with Crippen LogP contribution in [0, 0.1) is 15.5 Å². The van der Waals surface area contributed by atoms with Gasteiger partial charge in [0.05, 0.1) is 17.7 Å². The molecule has 100 valence electrons. The summed E-state index contributed by atoms with van der Waals surface area (Å²) in [4.78, 5) is 10.3. The van der Waals surface area contributed by atoms with Crippen LogP contribution >= 0.6 is 0 Å². The van der Waals surface area contributed by atoms with Crippen molar-refractivity contribution in [3.05, 3.63) is 28.3 Å². The lowest BCUT2D eigenvalue weighted by atomic mass is 9.92. The lowest BCUT2D eigenvalue weighted by Crippen LogP contribution is -2.13. The Hall–Kier alpha value is -1.78. The predicted octanol–water partition coefficient (Wildman–Crippen LogP) is 3.45. The molecule has 0 saturated carbocycles. The molecule has 0 atom stereocenters. The minimum absolute atomic E-state index is 0.0639. The largest absolute Gasteiger partial charge is 0.495 e. The Labute approximate surface area is 107 Å². The van der Waals surface area contributed by atoms with E-state index in [0.29, 0.717) is 11.4 Å². The van der Waals surface area contributed by atoms with Crippen molar-refractivity contribution in [2.24, 2.45) is 5.41 Å². The van der Waals surface area contributed by atoms with Crippen molar-refractivity contribution in [2.75, 3.05) is 19.0 Å². The monoisotopic (exact) mass is 252 g/mol. The molecular formula is C13H20N2O3. The second kappa shape index (κ2) is 5.71. The first-order chi connectivity index (χ1) is 8.33. The van der Waals surface area contributed by atoms with Crippen LogP contribution in [0.1, 0.15) is 27.2 Å². The standard InChI is InChI=1S/C13H20N2O3/c1-13(2,3)7-8-14-11-9-10(15(16)17)5-6-12(11)18-4/h5-6,9,14H,7-8H2,1-4H3. The van der Waals surface area contributed by atoms with E-state index in [0.717, 1.165) is 13.0 Å². The quantitative estimate of drug-likeness (QED) is 0.644. The van der Waals surface area contributed by atoms with E-state index in [1.54, 1.807) is 13.2 Å². The third kappa shape index (κ3) is 4.24. The Morgan fingerprint density at radius 1 is 1.39 bits per heavy atom. The second-order valence-corrected chi connectivity index (χ2v) is 5.38. The summed E-state index contributed by atoms with van der Waals surface area (Å²) in [6.07, 6.45) is 0.971. The molecule has 5 nitrogen and oxygen atoms in total. The van der Waals surface area contributed by atoms with Crippen LogP contribution in [0.25, 0.3) is 0 Å². The number of hydrogen-bond donors (Lipinski definition) is 1. The smallest absolute Gasteiger partial charge is 0.271 e. The van der Waals surface area contributed by atoms with Crippen molar-refractivity contribution in [2.45, 2.75) is 27.2 Å². The molecule has 0 amide bonds. The first kappa shape index (κ1) is 14.3. The predicted molar refractivity (Wildman–Crippen MR) is 72.2 cm³/mol. The highest BCUT2D eigenvalue weighted by Crippen LogP contribution is 2.29. The van der Waals surface area contributed by atoms with Gasteiger partial charge in [-0.15, -0.1) is 0 Å². The van der Waals surface area contributed by atoms with E-state index in [4.69, 9.17) is 4.74 Å². The number of nitrogens with one attached hydrogen (secondary N) is 1. The van der Waals surface area contributed by atoms with Gasteiger partial charge in [-0.2, -0.15) is 0 Å². The normalized spacial score (nSPS) is 11.1. The van der Waals surface area contributed by atoms with E-state index in [1.165, 1.54) is 12.1 Å². The summed E-state index contributed by atoms with van der Waals surface area (Å²) in [6.45, 7) is 7.21. The van der Waals surface area contributed by atoms with E-state index in [-0.39, 0.29) is 11.1 Å². The van der Waals surface area contributed by atoms with E-state index in [9.17, 15) is 10.1 Å². The molecule has 0 bridgehead atoms. The average Bonchev–Trinajstić information content (AvgIpc) is 2.27. The lowest BCUT2D eigenvalue weighted by molar-refractivity contribution is -0.384. The Morgan fingerprint density at radius 3 is 2.56 bits per heavy atom. The Kier molecular flexibility index (Phi) is 4.53. The molecule has 1 aromatic rings. The lowest BCUT2D eigenvalue weighted by Gasteiger charge is -2.19. The fourth-order valence-corrected chi connectivity index (χ4v) is 1.52. The SMILES string of the molecule is COc1ccc([N+](=O)[O-])cc1NCCC(C)(C)C. The van der Waals surface area contributed by atoms with Gasteiger partial charge < -0.3 is 10.1 Å². The molecule has 1 rings (SSSR count). The maximum atomic E-state index is 10.7. The molecule has 0 spiro atoms. The summed E-state index contributed by atoms with van der Waals surface area (Å²) in [5.74, 6) is 0.620. The van der Waals surface area contributed by atoms with Crippen LogP contribution in [0.15, 0.2) is 18.2 Å². The maximum absolute atomic E-state index is 10.7. The van der Waals surface area contributed by atoms with E-state index in [1.807, 2.05) is 0 Å². The average molecular weight is 252 g/mol. The van der Waals surface area contributed by atoms with Crippen LogP contribution in [0.3, 0.4) is 0 Å². The Balaban J connectivity index is 2.78. The first-order valence-electron chi connectivity index (χ1n) is 5.90. The van der Waals surface area contributed by atoms with Crippen LogP contribution in [0.5, 0.6) is 5.75 Å². The van der Waals surface area contributed by atoms with Gasteiger partial charge in [-0.25, -0.2) is 0 Å².